The molecule has 0 bridgehead atoms. The van der Waals surface area contributed by atoms with Gasteiger partial charge < -0.3 is 0 Å². The number of alkyl halides is 3. The van der Waals surface area contributed by atoms with Crippen LogP contribution in [-0.4, -0.2) is 0 Å². The van der Waals surface area contributed by atoms with Crippen molar-refractivity contribution in [3.8, 4) is 0 Å². The minimum atomic E-state index is -4.22. The maximum absolute atomic E-state index is 12.0. The second-order valence-corrected chi connectivity index (χ2v) is 6.48. The van der Waals surface area contributed by atoms with Gasteiger partial charge in [0.15, 0.2) is 0 Å². The van der Waals surface area contributed by atoms with Gasteiger partial charge >= 0.3 is 6.18 Å². The molecule has 0 amide bonds. The van der Waals surface area contributed by atoms with E-state index in [0.29, 0.717) is 5.56 Å². The first-order chi connectivity index (χ1) is 11.0. The minimum Gasteiger partial charge on any atom is -0.166 e. The lowest BCUT2D eigenvalue weighted by Gasteiger charge is -2.18. The fourth-order valence-electron chi connectivity index (χ4n) is 1.87. The molecule has 2 aromatic rings. The van der Waals surface area contributed by atoms with Crippen molar-refractivity contribution in [3.05, 3.63) is 70.8 Å². The predicted molar refractivity (Wildman–Crippen MR) is 97.4 cm³/mol. The van der Waals surface area contributed by atoms with Crippen LogP contribution in [0.1, 0.15) is 56.9 Å². The van der Waals surface area contributed by atoms with E-state index in [1.54, 1.807) is 13.0 Å². The zero-order chi connectivity index (χ0) is 19.0. The molecule has 134 valence electrons. The van der Waals surface area contributed by atoms with E-state index in [2.05, 4.69) is 52.0 Å². The van der Waals surface area contributed by atoms with E-state index < -0.39 is 11.7 Å². The van der Waals surface area contributed by atoms with Crippen LogP contribution in [0.2, 0.25) is 0 Å². The van der Waals surface area contributed by atoms with Crippen LogP contribution in [0, 0.1) is 13.8 Å². The van der Waals surface area contributed by atoms with Crippen LogP contribution in [0.25, 0.3) is 0 Å². The summed E-state index contributed by atoms with van der Waals surface area (Å²) in [7, 11) is 0. The lowest BCUT2D eigenvalue weighted by molar-refractivity contribution is -0.137. The molecule has 0 aliphatic heterocycles. The SMILES string of the molecule is CC.Cc1ccc(C(C)(C)C)cc1.Cc1cccc(C(F)(F)F)c1. The summed E-state index contributed by atoms with van der Waals surface area (Å²) in [4.78, 5) is 0. The van der Waals surface area contributed by atoms with Crippen molar-refractivity contribution in [1.82, 2.24) is 0 Å². The lowest BCUT2D eigenvalue weighted by Crippen LogP contribution is -2.10. The highest BCUT2D eigenvalue weighted by molar-refractivity contribution is 5.26. The molecule has 0 radical (unpaired) electrons. The highest BCUT2D eigenvalue weighted by Gasteiger charge is 2.29. The van der Waals surface area contributed by atoms with Crippen LogP contribution in [0.3, 0.4) is 0 Å². The van der Waals surface area contributed by atoms with Crippen molar-refractivity contribution in [1.29, 1.82) is 0 Å². The highest BCUT2D eigenvalue weighted by Crippen LogP contribution is 2.29. The average molecular weight is 338 g/mol. The predicted octanol–water partition coefficient (Wildman–Crippen LogP) is 7.33. The molecule has 0 aliphatic rings. The smallest absolute Gasteiger partial charge is 0.166 e. The summed E-state index contributed by atoms with van der Waals surface area (Å²) in [5, 5.41) is 0. The Bertz CT molecular complexity index is 588. The summed E-state index contributed by atoms with van der Waals surface area (Å²) in [5.74, 6) is 0. The third kappa shape index (κ3) is 8.19. The van der Waals surface area contributed by atoms with Gasteiger partial charge in [-0.25, -0.2) is 0 Å². The van der Waals surface area contributed by atoms with Crippen molar-refractivity contribution in [2.75, 3.05) is 0 Å². The third-order valence-electron chi connectivity index (χ3n) is 3.26. The van der Waals surface area contributed by atoms with Gasteiger partial charge in [0.25, 0.3) is 0 Å². The molecular weight excluding hydrogens is 309 g/mol. The molecule has 0 aromatic heterocycles. The first-order valence-electron chi connectivity index (χ1n) is 8.21. The van der Waals surface area contributed by atoms with Crippen LogP contribution in [0.15, 0.2) is 48.5 Å². The zero-order valence-corrected chi connectivity index (χ0v) is 15.8. The van der Waals surface area contributed by atoms with Crippen LogP contribution < -0.4 is 0 Å². The Hall–Kier alpha value is -1.77. The summed E-state index contributed by atoms with van der Waals surface area (Å²) in [6, 6.07) is 14.0. The number of halogens is 3. The van der Waals surface area contributed by atoms with Crippen molar-refractivity contribution in [3.63, 3.8) is 0 Å². The Morgan fingerprint density at radius 2 is 1.17 bits per heavy atom. The van der Waals surface area contributed by atoms with E-state index in [1.807, 2.05) is 13.8 Å². The number of hydrogen-bond acceptors (Lipinski definition) is 0. The van der Waals surface area contributed by atoms with Crippen LogP contribution in [-0.2, 0) is 11.6 Å². The second-order valence-electron chi connectivity index (χ2n) is 6.48. The minimum absolute atomic E-state index is 0.285. The zero-order valence-electron chi connectivity index (χ0n) is 15.8. The van der Waals surface area contributed by atoms with Crippen LogP contribution >= 0.6 is 0 Å². The summed E-state index contributed by atoms with van der Waals surface area (Å²) in [6.07, 6.45) is -4.22. The first-order valence-corrected chi connectivity index (χ1v) is 8.21. The molecule has 0 unspecified atom stereocenters. The highest BCUT2D eigenvalue weighted by atomic mass is 19.4. The van der Waals surface area contributed by atoms with E-state index in [-0.39, 0.29) is 5.41 Å². The molecule has 0 atom stereocenters. The van der Waals surface area contributed by atoms with Crippen LogP contribution in [0.5, 0.6) is 0 Å². The second kappa shape index (κ2) is 9.51. The van der Waals surface area contributed by atoms with Crippen molar-refractivity contribution < 1.29 is 13.2 Å². The molecule has 0 nitrogen and oxygen atoms in total. The van der Waals surface area contributed by atoms with Gasteiger partial charge in [-0.05, 0) is 30.9 Å². The van der Waals surface area contributed by atoms with Gasteiger partial charge in [-0.2, -0.15) is 13.2 Å². The van der Waals surface area contributed by atoms with Gasteiger partial charge in [-0.1, -0.05) is 88.2 Å². The Morgan fingerprint density at radius 3 is 1.50 bits per heavy atom. The van der Waals surface area contributed by atoms with Crippen molar-refractivity contribution >= 4 is 0 Å². The fourth-order valence-corrected chi connectivity index (χ4v) is 1.87. The van der Waals surface area contributed by atoms with Crippen molar-refractivity contribution in [2.45, 2.75) is 60.1 Å². The molecule has 0 fully saturated rings. The van der Waals surface area contributed by atoms with E-state index in [0.717, 1.165) is 12.1 Å². The summed E-state index contributed by atoms with van der Waals surface area (Å²) >= 11 is 0. The lowest BCUT2D eigenvalue weighted by atomic mass is 9.87. The molecule has 0 saturated heterocycles. The Kier molecular flexibility index (Phi) is 8.81. The van der Waals surface area contributed by atoms with Gasteiger partial charge in [0.05, 0.1) is 5.56 Å². The standard InChI is InChI=1S/C11H16.C8H7F3.C2H6/c1-9-5-7-10(8-6-9)11(2,3)4;1-6-3-2-4-7(5-6)8(9,10)11;1-2/h5-8H,1-4H3;2-5H,1H3;1-2H3. The monoisotopic (exact) mass is 338 g/mol. The average Bonchev–Trinajstić information content (AvgIpc) is 2.48. The molecule has 2 rings (SSSR count). The van der Waals surface area contributed by atoms with E-state index >= 15 is 0 Å². The fraction of sp³-hybridized carbons (Fsp3) is 0.429. The van der Waals surface area contributed by atoms with Gasteiger partial charge in [-0.15, -0.1) is 0 Å². The molecule has 0 N–H and O–H groups in total. The van der Waals surface area contributed by atoms with E-state index in [9.17, 15) is 13.2 Å². The van der Waals surface area contributed by atoms with E-state index in [4.69, 9.17) is 0 Å². The summed E-state index contributed by atoms with van der Waals surface area (Å²) in [6.45, 7) is 14.5. The first kappa shape index (κ1) is 22.2. The molecule has 0 aliphatic carbocycles. The number of benzene rings is 2. The largest absolute Gasteiger partial charge is 0.416 e. The summed E-state index contributed by atoms with van der Waals surface area (Å²) in [5.41, 5.74) is 3.06. The van der Waals surface area contributed by atoms with Gasteiger partial charge in [0.2, 0.25) is 0 Å². The van der Waals surface area contributed by atoms with Gasteiger partial charge in [0.1, 0.15) is 0 Å². The van der Waals surface area contributed by atoms with Gasteiger partial charge in [-0.3, -0.25) is 0 Å². The molecule has 0 spiro atoms. The Morgan fingerprint density at radius 1 is 0.667 bits per heavy atom. The molecule has 3 heteroatoms. The van der Waals surface area contributed by atoms with E-state index in [1.165, 1.54) is 17.2 Å². The molecule has 0 saturated carbocycles. The van der Waals surface area contributed by atoms with Gasteiger partial charge in [0, 0.05) is 0 Å². The molecular formula is C21H29F3. The molecule has 2 aromatic carbocycles. The molecule has 0 heterocycles. The molecule has 24 heavy (non-hydrogen) atoms. The third-order valence-corrected chi connectivity index (χ3v) is 3.26. The topological polar surface area (TPSA) is 0 Å². The van der Waals surface area contributed by atoms with Crippen LogP contribution in [0.4, 0.5) is 13.2 Å². The quantitative estimate of drug-likeness (QED) is 0.471. The number of aryl methyl sites for hydroxylation is 2. The normalized spacial score (nSPS) is 10.9. The maximum atomic E-state index is 12.0. The Labute approximate surface area is 144 Å². The summed E-state index contributed by atoms with van der Waals surface area (Å²) < 4.78 is 35.9. The number of rotatable bonds is 0. The number of hydrogen-bond donors (Lipinski definition) is 0. The van der Waals surface area contributed by atoms with Crippen molar-refractivity contribution in [2.24, 2.45) is 0 Å². The Balaban J connectivity index is 0.000000400. The maximum Gasteiger partial charge on any atom is 0.416 e.